The van der Waals surface area contributed by atoms with Gasteiger partial charge in [0.2, 0.25) is 0 Å². The van der Waals surface area contributed by atoms with E-state index in [4.69, 9.17) is 15.2 Å². The molecule has 3 rings (SSSR count). The number of hydrogen-bond donors (Lipinski definition) is 1. The molecular weight excluding hydrogens is 202 g/mol. The first-order valence-electron chi connectivity index (χ1n) is 5.86. The van der Waals surface area contributed by atoms with E-state index < -0.39 is 0 Å². The van der Waals surface area contributed by atoms with Crippen LogP contribution in [-0.2, 0) is 4.74 Å². The van der Waals surface area contributed by atoms with Crippen molar-refractivity contribution in [3.8, 4) is 5.75 Å². The molecule has 0 saturated carbocycles. The molecule has 0 aromatic heterocycles. The second-order valence-electron chi connectivity index (χ2n) is 4.78. The summed E-state index contributed by atoms with van der Waals surface area (Å²) in [6.07, 6.45) is 1.92. The van der Waals surface area contributed by atoms with E-state index in [0.29, 0.717) is 0 Å². The summed E-state index contributed by atoms with van der Waals surface area (Å²) in [7, 11) is 0. The van der Waals surface area contributed by atoms with Gasteiger partial charge in [0.1, 0.15) is 11.4 Å². The second kappa shape index (κ2) is 3.47. The van der Waals surface area contributed by atoms with Crippen LogP contribution in [0.15, 0.2) is 24.3 Å². The SMILES string of the molecule is CC1OCCC12C[C@H](N)c1ccccc1O2. The van der Waals surface area contributed by atoms with E-state index >= 15 is 0 Å². The number of hydrogen-bond acceptors (Lipinski definition) is 3. The molecule has 1 aromatic rings. The largest absolute Gasteiger partial charge is 0.484 e. The standard InChI is InChI=1S/C13H17NO2/c1-9-13(6-7-15-9)8-11(14)10-4-2-3-5-12(10)16-13/h2-5,9,11H,6-8,14H2,1H3/t9?,11-,13?/m0/s1. The summed E-state index contributed by atoms with van der Waals surface area (Å²) in [4.78, 5) is 0. The van der Waals surface area contributed by atoms with Crippen LogP contribution in [0.3, 0.4) is 0 Å². The fraction of sp³-hybridized carbons (Fsp3) is 0.538. The predicted molar refractivity (Wildman–Crippen MR) is 61.4 cm³/mol. The van der Waals surface area contributed by atoms with Gasteiger partial charge in [-0.3, -0.25) is 0 Å². The zero-order valence-electron chi connectivity index (χ0n) is 9.48. The number of rotatable bonds is 0. The number of ether oxygens (including phenoxy) is 2. The Morgan fingerprint density at radius 1 is 1.38 bits per heavy atom. The minimum Gasteiger partial charge on any atom is -0.484 e. The van der Waals surface area contributed by atoms with Gasteiger partial charge in [0.25, 0.3) is 0 Å². The Labute approximate surface area is 95.5 Å². The average molecular weight is 219 g/mol. The Morgan fingerprint density at radius 3 is 2.94 bits per heavy atom. The van der Waals surface area contributed by atoms with Crippen molar-refractivity contribution in [3.05, 3.63) is 29.8 Å². The lowest BCUT2D eigenvalue weighted by atomic mass is 9.83. The Balaban J connectivity index is 2.00. The highest BCUT2D eigenvalue weighted by Crippen LogP contribution is 2.44. The topological polar surface area (TPSA) is 44.5 Å². The molecule has 0 bridgehead atoms. The number of nitrogens with two attached hydrogens (primary N) is 1. The van der Waals surface area contributed by atoms with Crippen molar-refractivity contribution in [2.75, 3.05) is 6.61 Å². The maximum Gasteiger partial charge on any atom is 0.139 e. The molecule has 1 spiro atoms. The minimum absolute atomic E-state index is 0.0640. The van der Waals surface area contributed by atoms with Crippen molar-refractivity contribution in [2.45, 2.75) is 37.5 Å². The molecule has 3 nitrogen and oxygen atoms in total. The Kier molecular flexibility index (Phi) is 2.19. The van der Waals surface area contributed by atoms with Gasteiger partial charge >= 0.3 is 0 Å². The van der Waals surface area contributed by atoms with E-state index in [1.54, 1.807) is 0 Å². The van der Waals surface area contributed by atoms with E-state index in [1.165, 1.54) is 0 Å². The van der Waals surface area contributed by atoms with Gasteiger partial charge in [0.05, 0.1) is 12.7 Å². The van der Waals surface area contributed by atoms with E-state index in [-0.39, 0.29) is 17.7 Å². The molecule has 2 aliphatic rings. The first kappa shape index (κ1) is 10.1. The van der Waals surface area contributed by atoms with Crippen molar-refractivity contribution >= 4 is 0 Å². The van der Waals surface area contributed by atoms with Crippen LogP contribution in [0.2, 0.25) is 0 Å². The normalized spacial score (nSPS) is 37.1. The summed E-state index contributed by atoms with van der Waals surface area (Å²) in [5.74, 6) is 0.929. The number of fused-ring (bicyclic) bond motifs is 1. The van der Waals surface area contributed by atoms with Crippen LogP contribution in [0.4, 0.5) is 0 Å². The molecule has 3 atom stereocenters. The van der Waals surface area contributed by atoms with Crippen LogP contribution in [0.5, 0.6) is 5.75 Å². The van der Waals surface area contributed by atoms with Gasteiger partial charge < -0.3 is 15.2 Å². The monoisotopic (exact) mass is 219 g/mol. The summed E-state index contributed by atoms with van der Waals surface area (Å²) in [5.41, 5.74) is 7.14. The third-order valence-corrected chi connectivity index (χ3v) is 3.83. The van der Waals surface area contributed by atoms with E-state index in [1.807, 2.05) is 24.3 Å². The summed E-state index contributed by atoms with van der Waals surface area (Å²) < 4.78 is 11.8. The molecule has 0 radical (unpaired) electrons. The van der Waals surface area contributed by atoms with Gasteiger partial charge in [-0.15, -0.1) is 0 Å². The maximum atomic E-state index is 6.23. The van der Waals surface area contributed by atoms with Crippen molar-refractivity contribution < 1.29 is 9.47 Å². The molecule has 16 heavy (non-hydrogen) atoms. The van der Waals surface area contributed by atoms with Gasteiger partial charge in [-0.25, -0.2) is 0 Å². The highest BCUT2D eigenvalue weighted by atomic mass is 16.6. The molecule has 0 aliphatic carbocycles. The molecular formula is C13H17NO2. The van der Waals surface area contributed by atoms with Crippen LogP contribution in [0.25, 0.3) is 0 Å². The zero-order chi connectivity index (χ0) is 11.2. The van der Waals surface area contributed by atoms with Gasteiger partial charge in [0, 0.05) is 24.4 Å². The Bertz CT molecular complexity index is 407. The van der Waals surface area contributed by atoms with Gasteiger partial charge in [-0.05, 0) is 13.0 Å². The maximum absolute atomic E-state index is 6.23. The summed E-state index contributed by atoms with van der Waals surface area (Å²) in [6, 6.07) is 8.11. The molecule has 1 saturated heterocycles. The van der Waals surface area contributed by atoms with E-state index in [0.717, 1.165) is 30.8 Å². The fourth-order valence-electron chi connectivity index (χ4n) is 2.79. The molecule has 2 N–H and O–H groups in total. The van der Waals surface area contributed by atoms with Crippen molar-refractivity contribution in [3.63, 3.8) is 0 Å². The highest BCUT2D eigenvalue weighted by molar-refractivity contribution is 5.39. The minimum atomic E-state index is -0.201. The molecule has 1 fully saturated rings. The summed E-state index contributed by atoms with van der Waals surface area (Å²) in [6.45, 7) is 2.85. The van der Waals surface area contributed by atoms with Crippen molar-refractivity contribution in [2.24, 2.45) is 5.73 Å². The molecule has 2 unspecified atom stereocenters. The van der Waals surface area contributed by atoms with Crippen LogP contribution in [0, 0.1) is 0 Å². The Morgan fingerprint density at radius 2 is 2.19 bits per heavy atom. The third kappa shape index (κ3) is 1.35. The van der Waals surface area contributed by atoms with Gasteiger partial charge in [0.15, 0.2) is 0 Å². The molecule has 86 valence electrons. The zero-order valence-corrected chi connectivity index (χ0v) is 9.48. The van der Waals surface area contributed by atoms with Crippen LogP contribution in [0.1, 0.15) is 31.4 Å². The smallest absolute Gasteiger partial charge is 0.139 e. The van der Waals surface area contributed by atoms with Crippen LogP contribution in [-0.4, -0.2) is 18.3 Å². The quantitative estimate of drug-likeness (QED) is 0.726. The first-order chi connectivity index (χ1) is 7.71. The van der Waals surface area contributed by atoms with Crippen LogP contribution >= 0.6 is 0 Å². The van der Waals surface area contributed by atoms with Gasteiger partial charge in [-0.2, -0.15) is 0 Å². The highest BCUT2D eigenvalue weighted by Gasteiger charge is 2.48. The molecule has 1 aromatic carbocycles. The molecule has 2 heterocycles. The fourth-order valence-corrected chi connectivity index (χ4v) is 2.79. The van der Waals surface area contributed by atoms with E-state index in [9.17, 15) is 0 Å². The average Bonchev–Trinajstić information content (AvgIpc) is 2.60. The summed E-state index contributed by atoms with van der Waals surface area (Å²) in [5, 5.41) is 0. The van der Waals surface area contributed by atoms with Crippen LogP contribution < -0.4 is 10.5 Å². The lowest BCUT2D eigenvalue weighted by Crippen LogP contribution is -2.47. The predicted octanol–water partition coefficient (Wildman–Crippen LogP) is 2.02. The number of para-hydroxylation sites is 1. The van der Waals surface area contributed by atoms with Crippen molar-refractivity contribution in [1.82, 2.24) is 0 Å². The van der Waals surface area contributed by atoms with E-state index in [2.05, 4.69) is 6.92 Å². The number of benzene rings is 1. The van der Waals surface area contributed by atoms with Gasteiger partial charge in [-0.1, -0.05) is 18.2 Å². The Hall–Kier alpha value is -1.06. The summed E-state index contributed by atoms with van der Waals surface area (Å²) >= 11 is 0. The third-order valence-electron chi connectivity index (χ3n) is 3.83. The molecule has 0 amide bonds. The lowest BCUT2D eigenvalue weighted by Gasteiger charge is -2.40. The first-order valence-corrected chi connectivity index (χ1v) is 5.86. The lowest BCUT2D eigenvalue weighted by molar-refractivity contribution is -0.0275. The molecule has 2 aliphatic heterocycles. The molecule has 3 heteroatoms. The van der Waals surface area contributed by atoms with Crippen molar-refractivity contribution in [1.29, 1.82) is 0 Å². The second-order valence-corrected chi connectivity index (χ2v) is 4.78.